The van der Waals surface area contributed by atoms with Crippen LogP contribution in [0.4, 0.5) is 0 Å². The van der Waals surface area contributed by atoms with Crippen molar-refractivity contribution in [2.24, 2.45) is 0 Å². The van der Waals surface area contributed by atoms with Crippen molar-refractivity contribution < 1.29 is 4.74 Å². The standard InChI is InChI=1S/C18H21N5O/c1-3-14(2)19-13-15-9-11-17(12-10-15)24-18-20-21-22-23(18)16-7-5-4-6-8-16/h4-12,14,19H,3,13H2,1-2H3/t14-/m0/s1. The van der Waals surface area contributed by atoms with Crippen LogP contribution >= 0.6 is 0 Å². The third-order valence-electron chi connectivity index (χ3n) is 3.84. The summed E-state index contributed by atoms with van der Waals surface area (Å²) in [6.07, 6.45) is 1.11. The highest BCUT2D eigenvalue weighted by Gasteiger charge is 2.10. The minimum atomic E-state index is 0.340. The molecule has 0 fully saturated rings. The predicted molar refractivity (Wildman–Crippen MR) is 92.3 cm³/mol. The van der Waals surface area contributed by atoms with Crippen LogP contribution in [-0.4, -0.2) is 26.2 Å². The molecule has 0 bridgehead atoms. The van der Waals surface area contributed by atoms with Crippen molar-refractivity contribution in [3.05, 3.63) is 60.2 Å². The minimum Gasteiger partial charge on any atom is -0.423 e. The monoisotopic (exact) mass is 323 g/mol. The molecular formula is C18H21N5O. The van der Waals surface area contributed by atoms with Gasteiger partial charge in [0.05, 0.1) is 5.69 Å². The number of benzene rings is 2. The lowest BCUT2D eigenvalue weighted by Crippen LogP contribution is -2.24. The molecular weight excluding hydrogens is 302 g/mol. The Morgan fingerprint density at radius 1 is 1.08 bits per heavy atom. The van der Waals surface area contributed by atoms with Crippen LogP contribution in [0.15, 0.2) is 54.6 Å². The molecule has 0 radical (unpaired) electrons. The molecule has 6 nitrogen and oxygen atoms in total. The van der Waals surface area contributed by atoms with Crippen LogP contribution in [-0.2, 0) is 6.54 Å². The largest absolute Gasteiger partial charge is 0.423 e. The van der Waals surface area contributed by atoms with Gasteiger partial charge in [-0.15, -0.1) is 0 Å². The fourth-order valence-corrected chi connectivity index (χ4v) is 2.19. The lowest BCUT2D eigenvalue weighted by molar-refractivity contribution is 0.427. The number of tetrazole rings is 1. The second kappa shape index (κ2) is 7.70. The van der Waals surface area contributed by atoms with E-state index in [0.717, 1.165) is 18.7 Å². The van der Waals surface area contributed by atoms with E-state index >= 15 is 0 Å². The number of hydrogen-bond acceptors (Lipinski definition) is 5. The van der Waals surface area contributed by atoms with E-state index in [0.29, 0.717) is 17.8 Å². The number of hydrogen-bond donors (Lipinski definition) is 1. The molecule has 1 N–H and O–H groups in total. The SMILES string of the molecule is CC[C@H](C)NCc1ccc(Oc2nnnn2-c2ccccc2)cc1. The molecule has 6 heteroatoms. The van der Waals surface area contributed by atoms with Gasteiger partial charge in [-0.3, -0.25) is 0 Å². The Labute approximate surface area is 141 Å². The van der Waals surface area contributed by atoms with Gasteiger partial charge < -0.3 is 10.1 Å². The highest BCUT2D eigenvalue weighted by molar-refractivity contribution is 5.34. The summed E-state index contributed by atoms with van der Waals surface area (Å²) in [5.41, 5.74) is 2.07. The van der Waals surface area contributed by atoms with E-state index in [1.807, 2.05) is 54.6 Å². The number of rotatable bonds is 7. The predicted octanol–water partition coefficient (Wildman–Crippen LogP) is 3.34. The number of ether oxygens (including phenoxy) is 1. The summed E-state index contributed by atoms with van der Waals surface area (Å²) in [5, 5.41) is 15.1. The molecule has 0 unspecified atom stereocenters. The molecule has 3 aromatic rings. The molecule has 0 saturated carbocycles. The van der Waals surface area contributed by atoms with Crippen molar-refractivity contribution in [2.75, 3.05) is 0 Å². The van der Waals surface area contributed by atoms with Gasteiger partial charge in [0.2, 0.25) is 0 Å². The van der Waals surface area contributed by atoms with Crippen LogP contribution in [0.25, 0.3) is 5.69 Å². The molecule has 3 rings (SSSR count). The first kappa shape index (κ1) is 16.1. The average molecular weight is 323 g/mol. The smallest absolute Gasteiger partial charge is 0.345 e. The molecule has 2 aromatic carbocycles. The maximum absolute atomic E-state index is 5.81. The second-order valence-corrected chi connectivity index (χ2v) is 5.65. The van der Waals surface area contributed by atoms with Gasteiger partial charge in [0, 0.05) is 12.6 Å². The lowest BCUT2D eigenvalue weighted by atomic mass is 10.2. The van der Waals surface area contributed by atoms with Gasteiger partial charge in [-0.2, -0.15) is 4.68 Å². The molecule has 1 atom stereocenters. The Bertz CT molecular complexity index is 755. The van der Waals surface area contributed by atoms with Gasteiger partial charge in [-0.1, -0.05) is 42.4 Å². The molecule has 124 valence electrons. The van der Waals surface area contributed by atoms with Gasteiger partial charge in [0.15, 0.2) is 0 Å². The Balaban J connectivity index is 1.68. The van der Waals surface area contributed by atoms with E-state index in [-0.39, 0.29) is 0 Å². The number of aromatic nitrogens is 4. The zero-order valence-corrected chi connectivity index (χ0v) is 13.9. The first-order valence-electron chi connectivity index (χ1n) is 8.10. The third-order valence-corrected chi connectivity index (χ3v) is 3.84. The van der Waals surface area contributed by atoms with Crippen LogP contribution < -0.4 is 10.1 Å². The lowest BCUT2D eigenvalue weighted by Gasteiger charge is -2.11. The highest BCUT2D eigenvalue weighted by atomic mass is 16.5. The Kier molecular flexibility index (Phi) is 5.18. The topological polar surface area (TPSA) is 64.9 Å². The van der Waals surface area contributed by atoms with Gasteiger partial charge in [-0.25, -0.2) is 0 Å². The van der Waals surface area contributed by atoms with Gasteiger partial charge in [0.1, 0.15) is 5.75 Å². The molecule has 1 aromatic heterocycles. The van der Waals surface area contributed by atoms with E-state index < -0.39 is 0 Å². The van der Waals surface area contributed by atoms with E-state index in [4.69, 9.17) is 4.74 Å². The molecule has 0 aliphatic heterocycles. The Morgan fingerprint density at radius 3 is 2.54 bits per heavy atom. The fourth-order valence-electron chi connectivity index (χ4n) is 2.19. The average Bonchev–Trinajstić information content (AvgIpc) is 3.09. The quantitative estimate of drug-likeness (QED) is 0.722. The van der Waals surface area contributed by atoms with Crippen LogP contribution in [0.2, 0.25) is 0 Å². The summed E-state index contributed by atoms with van der Waals surface area (Å²) >= 11 is 0. The summed E-state index contributed by atoms with van der Waals surface area (Å²) in [7, 11) is 0. The molecule has 0 saturated heterocycles. The van der Waals surface area contributed by atoms with Crippen molar-refractivity contribution in [3.8, 4) is 17.4 Å². The number of para-hydroxylation sites is 1. The first-order chi connectivity index (χ1) is 11.8. The molecule has 24 heavy (non-hydrogen) atoms. The fraction of sp³-hybridized carbons (Fsp3) is 0.278. The van der Waals surface area contributed by atoms with Gasteiger partial charge in [-0.05, 0) is 53.6 Å². The molecule has 0 spiro atoms. The third kappa shape index (κ3) is 3.97. The summed E-state index contributed by atoms with van der Waals surface area (Å²) in [6, 6.07) is 18.4. The van der Waals surface area contributed by atoms with E-state index in [9.17, 15) is 0 Å². The summed E-state index contributed by atoms with van der Waals surface area (Å²) < 4.78 is 7.38. The second-order valence-electron chi connectivity index (χ2n) is 5.65. The van der Waals surface area contributed by atoms with Crippen LogP contribution in [0.1, 0.15) is 25.8 Å². The van der Waals surface area contributed by atoms with Crippen LogP contribution in [0.3, 0.4) is 0 Å². The van der Waals surface area contributed by atoms with Crippen molar-refractivity contribution in [1.82, 2.24) is 25.5 Å². The van der Waals surface area contributed by atoms with E-state index in [1.54, 1.807) is 4.68 Å². The van der Waals surface area contributed by atoms with Crippen molar-refractivity contribution >= 4 is 0 Å². The number of nitrogens with one attached hydrogen (secondary N) is 1. The zero-order valence-electron chi connectivity index (χ0n) is 13.9. The minimum absolute atomic E-state index is 0.340. The first-order valence-corrected chi connectivity index (χ1v) is 8.10. The van der Waals surface area contributed by atoms with Crippen molar-refractivity contribution in [3.63, 3.8) is 0 Å². The zero-order chi connectivity index (χ0) is 16.8. The number of nitrogens with zero attached hydrogens (tertiary/aromatic N) is 4. The highest BCUT2D eigenvalue weighted by Crippen LogP contribution is 2.21. The van der Waals surface area contributed by atoms with Gasteiger partial charge >= 0.3 is 6.01 Å². The van der Waals surface area contributed by atoms with Crippen molar-refractivity contribution in [1.29, 1.82) is 0 Å². The van der Waals surface area contributed by atoms with Crippen LogP contribution in [0, 0.1) is 0 Å². The Hall–Kier alpha value is -2.73. The molecule has 0 aliphatic rings. The van der Waals surface area contributed by atoms with Gasteiger partial charge in [0.25, 0.3) is 0 Å². The summed E-state index contributed by atoms with van der Waals surface area (Å²) in [5.74, 6) is 0.703. The van der Waals surface area contributed by atoms with E-state index in [1.165, 1.54) is 5.56 Å². The molecule has 0 aliphatic carbocycles. The maximum atomic E-state index is 5.81. The normalized spacial score (nSPS) is 12.1. The van der Waals surface area contributed by atoms with Crippen molar-refractivity contribution in [2.45, 2.75) is 32.9 Å². The Morgan fingerprint density at radius 2 is 1.83 bits per heavy atom. The molecule has 0 amide bonds. The summed E-state index contributed by atoms with van der Waals surface area (Å²) in [6.45, 7) is 5.20. The van der Waals surface area contributed by atoms with E-state index in [2.05, 4.69) is 34.7 Å². The maximum Gasteiger partial charge on any atom is 0.345 e. The summed E-state index contributed by atoms with van der Waals surface area (Å²) in [4.78, 5) is 0. The van der Waals surface area contributed by atoms with Crippen LogP contribution in [0.5, 0.6) is 11.8 Å². The molecule has 1 heterocycles.